The minimum absolute atomic E-state index is 0.125. The smallest absolute Gasteiger partial charge is 0.241 e. The van der Waals surface area contributed by atoms with E-state index in [1.165, 1.54) is 6.07 Å². The molecule has 156 valence electrons. The average Bonchev–Trinajstić information content (AvgIpc) is 2.69. The van der Waals surface area contributed by atoms with Gasteiger partial charge in [-0.15, -0.1) is 0 Å². The molecule has 3 rings (SSSR count). The van der Waals surface area contributed by atoms with Gasteiger partial charge in [0, 0.05) is 17.3 Å². The SMILES string of the molecule is Cc1cccc(S(=O)(=O)NC(C)(CC2(c3ccccn3)CCCCC2)C(N)=O)c1. The van der Waals surface area contributed by atoms with Crippen LogP contribution in [0, 0.1) is 6.92 Å². The van der Waals surface area contributed by atoms with Crippen LogP contribution in [-0.2, 0) is 20.2 Å². The van der Waals surface area contributed by atoms with Crippen LogP contribution in [0.4, 0.5) is 0 Å². The molecule has 1 aromatic heterocycles. The van der Waals surface area contributed by atoms with Crippen molar-refractivity contribution in [1.29, 1.82) is 0 Å². The van der Waals surface area contributed by atoms with Crippen LogP contribution in [-0.4, -0.2) is 24.8 Å². The van der Waals surface area contributed by atoms with E-state index in [9.17, 15) is 13.2 Å². The van der Waals surface area contributed by atoms with Gasteiger partial charge in [0.05, 0.1) is 4.90 Å². The largest absolute Gasteiger partial charge is 0.368 e. The molecule has 1 aliphatic rings. The van der Waals surface area contributed by atoms with E-state index in [4.69, 9.17) is 5.73 Å². The Bertz CT molecular complexity index is 970. The first-order chi connectivity index (χ1) is 13.7. The number of nitrogens with two attached hydrogens (primary N) is 1. The topological polar surface area (TPSA) is 102 Å². The summed E-state index contributed by atoms with van der Waals surface area (Å²) in [6.07, 6.45) is 6.85. The van der Waals surface area contributed by atoms with E-state index in [0.29, 0.717) is 0 Å². The molecule has 1 unspecified atom stereocenters. The van der Waals surface area contributed by atoms with Crippen molar-refractivity contribution in [3.05, 3.63) is 59.9 Å². The first-order valence-electron chi connectivity index (χ1n) is 9.99. The normalized spacial score (nSPS) is 18.7. The number of aryl methyl sites for hydroxylation is 1. The zero-order valence-electron chi connectivity index (χ0n) is 17.0. The van der Waals surface area contributed by atoms with Crippen molar-refractivity contribution >= 4 is 15.9 Å². The summed E-state index contributed by atoms with van der Waals surface area (Å²) in [6, 6.07) is 12.4. The van der Waals surface area contributed by atoms with E-state index in [2.05, 4.69) is 9.71 Å². The molecule has 0 bridgehead atoms. The number of primary amides is 1. The molecule has 3 N–H and O–H groups in total. The first kappa shape index (κ1) is 21.5. The number of sulfonamides is 1. The molecule has 7 heteroatoms. The third kappa shape index (κ3) is 4.67. The lowest BCUT2D eigenvalue weighted by molar-refractivity contribution is -0.124. The third-order valence-corrected chi connectivity index (χ3v) is 7.51. The highest BCUT2D eigenvalue weighted by atomic mass is 32.2. The average molecular weight is 416 g/mol. The van der Waals surface area contributed by atoms with Crippen LogP contribution in [0.25, 0.3) is 0 Å². The number of aromatic nitrogens is 1. The Labute approximate surface area is 173 Å². The maximum atomic E-state index is 13.1. The highest BCUT2D eigenvalue weighted by molar-refractivity contribution is 7.89. The summed E-state index contributed by atoms with van der Waals surface area (Å²) >= 11 is 0. The summed E-state index contributed by atoms with van der Waals surface area (Å²) in [4.78, 5) is 17.2. The number of nitrogens with zero attached hydrogens (tertiary/aromatic N) is 1. The fourth-order valence-corrected chi connectivity index (χ4v) is 5.90. The van der Waals surface area contributed by atoms with E-state index < -0.39 is 26.9 Å². The van der Waals surface area contributed by atoms with Crippen molar-refractivity contribution in [2.24, 2.45) is 5.73 Å². The Kier molecular flexibility index (Phi) is 6.10. The summed E-state index contributed by atoms with van der Waals surface area (Å²) in [5.74, 6) is -0.686. The van der Waals surface area contributed by atoms with Gasteiger partial charge in [-0.2, -0.15) is 4.72 Å². The van der Waals surface area contributed by atoms with E-state index >= 15 is 0 Å². The van der Waals surface area contributed by atoms with E-state index in [0.717, 1.165) is 43.4 Å². The van der Waals surface area contributed by atoms with Crippen molar-refractivity contribution in [1.82, 2.24) is 9.71 Å². The number of benzene rings is 1. The van der Waals surface area contributed by atoms with Gasteiger partial charge in [-0.05, 0) is 62.9 Å². The lowest BCUT2D eigenvalue weighted by Crippen LogP contribution is -2.58. The summed E-state index contributed by atoms with van der Waals surface area (Å²) in [7, 11) is -3.92. The lowest BCUT2D eigenvalue weighted by atomic mass is 9.65. The number of amides is 1. The van der Waals surface area contributed by atoms with Crippen LogP contribution >= 0.6 is 0 Å². The molecule has 0 spiro atoms. The predicted molar refractivity (Wildman–Crippen MR) is 113 cm³/mol. The van der Waals surface area contributed by atoms with Gasteiger partial charge in [-0.25, -0.2) is 8.42 Å². The summed E-state index contributed by atoms with van der Waals surface area (Å²) in [6.45, 7) is 3.41. The first-order valence-corrected chi connectivity index (χ1v) is 11.5. The molecule has 1 aromatic carbocycles. The summed E-state index contributed by atoms with van der Waals surface area (Å²) in [5, 5.41) is 0. The maximum Gasteiger partial charge on any atom is 0.241 e. The quantitative estimate of drug-likeness (QED) is 0.725. The molecule has 29 heavy (non-hydrogen) atoms. The van der Waals surface area contributed by atoms with E-state index in [-0.39, 0.29) is 11.3 Å². The molecule has 2 aromatic rings. The van der Waals surface area contributed by atoms with Gasteiger partial charge in [-0.3, -0.25) is 9.78 Å². The fraction of sp³-hybridized carbons (Fsp3) is 0.455. The van der Waals surface area contributed by atoms with Gasteiger partial charge in [0.25, 0.3) is 0 Å². The molecule has 0 saturated heterocycles. The molecule has 1 fully saturated rings. The van der Waals surface area contributed by atoms with Gasteiger partial charge in [-0.1, -0.05) is 37.5 Å². The number of rotatable bonds is 7. The second-order valence-electron chi connectivity index (χ2n) is 8.35. The van der Waals surface area contributed by atoms with Crippen molar-refractivity contribution in [2.75, 3.05) is 0 Å². The molecular formula is C22H29N3O3S. The number of hydrogen-bond donors (Lipinski definition) is 2. The molecular weight excluding hydrogens is 386 g/mol. The minimum Gasteiger partial charge on any atom is -0.368 e. The van der Waals surface area contributed by atoms with Crippen molar-refractivity contribution < 1.29 is 13.2 Å². The number of carbonyl (C=O) groups is 1. The standard InChI is InChI=1S/C22H29N3O3S/c1-17-9-8-10-18(15-17)29(27,28)25-21(2,20(23)26)16-22(12-5-3-6-13-22)19-11-4-7-14-24-19/h4,7-11,14-15,25H,3,5-6,12-13,16H2,1-2H3,(H2,23,26). The Balaban J connectivity index is 1.98. The number of hydrogen-bond acceptors (Lipinski definition) is 4. The van der Waals surface area contributed by atoms with Crippen molar-refractivity contribution in [2.45, 2.75) is 68.2 Å². The molecule has 1 amide bonds. The monoisotopic (exact) mass is 415 g/mol. The Hall–Kier alpha value is -2.25. The third-order valence-electron chi connectivity index (χ3n) is 5.91. The number of carbonyl (C=O) groups excluding carboxylic acids is 1. The fourth-order valence-electron chi connectivity index (χ4n) is 4.42. The molecule has 0 radical (unpaired) electrons. The van der Waals surface area contributed by atoms with Crippen LogP contribution in [0.3, 0.4) is 0 Å². The van der Waals surface area contributed by atoms with Gasteiger partial charge in [0.1, 0.15) is 5.54 Å². The van der Waals surface area contributed by atoms with E-state index in [1.54, 1.807) is 25.3 Å². The van der Waals surface area contributed by atoms with E-state index in [1.807, 2.05) is 31.2 Å². The Morgan fingerprint density at radius 3 is 2.48 bits per heavy atom. The molecule has 1 saturated carbocycles. The Morgan fingerprint density at radius 2 is 1.90 bits per heavy atom. The number of pyridine rings is 1. The van der Waals surface area contributed by atoms with Crippen LogP contribution in [0.15, 0.2) is 53.6 Å². The second kappa shape index (κ2) is 8.24. The van der Waals surface area contributed by atoms with Gasteiger partial charge in [0.2, 0.25) is 15.9 Å². The maximum absolute atomic E-state index is 13.1. The van der Waals surface area contributed by atoms with Crippen LogP contribution in [0.5, 0.6) is 0 Å². The zero-order valence-corrected chi connectivity index (χ0v) is 17.8. The van der Waals surface area contributed by atoms with Crippen molar-refractivity contribution in [3.8, 4) is 0 Å². The molecule has 1 aliphatic carbocycles. The zero-order chi connectivity index (χ0) is 21.1. The second-order valence-corrected chi connectivity index (χ2v) is 10.0. The van der Waals surface area contributed by atoms with Gasteiger partial charge in [0.15, 0.2) is 0 Å². The van der Waals surface area contributed by atoms with Crippen molar-refractivity contribution in [3.63, 3.8) is 0 Å². The van der Waals surface area contributed by atoms with Gasteiger partial charge < -0.3 is 5.73 Å². The molecule has 0 aliphatic heterocycles. The molecule has 1 atom stereocenters. The predicted octanol–water partition coefficient (Wildman–Crippen LogP) is 3.20. The molecule has 6 nitrogen and oxygen atoms in total. The highest BCUT2D eigenvalue weighted by Crippen LogP contribution is 2.44. The highest BCUT2D eigenvalue weighted by Gasteiger charge is 2.46. The lowest BCUT2D eigenvalue weighted by Gasteiger charge is -2.42. The minimum atomic E-state index is -3.92. The molecule has 1 heterocycles. The van der Waals surface area contributed by atoms with Gasteiger partial charge >= 0.3 is 0 Å². The number of nitrogens with one attached hydrogen (secondary N) is 1. The summed E-state index contributed by atoms with van der Waals surface area (Å²) in [5.41, 5.74) is 5.65. The van der Waals surface area contributed by atoms with Crippen LogP contribution in [0.2, 0.25) is 0 Å². The summed E-state index contributed by atoms with van der Waals surface area (Å²) < 4.78 is 28.7. The van der Waals surface area contributed by atoms with Crippen LogP contribution < -0.4 is 10.5 Å². The van der Waals surface area contributed by atoms with Crippen LogP contribution in [0.1, 0.15) is 56.7 Å². The Morgan fingerprint density at radius 1 is 1.17 bits per heavy atom.